The van der Waals surface area contributed by atoms with E-state index in [2.05, 4.69) is 105 Å². The predicted molar refractivity (Wildman–Crippen MR) is 210 cm³/mol. The molecule has 1 heterocycles. The van der Waals surface area contributed by atoms with E-state index < -0.39 is 0 Å². The first-order valence-corrected chi connectivity index (χ1v) is 15.9. The molecule has 0 N–H and O–H groups in total. The number of allylic oxidation sites excluding steroid dienone is 20. The fourth-order valence-electron chi connectivity index (χ4n) is 5.11. The van der Waals surface area contributed by atoms with Crippen molar-refractivity contribution >= 4 is 22.3 Å². The average Bonchev–Trinajstić information content (AvgIpc) is 3.09. The van der Waals surface area contributed by atoms with Crippen LogP contribution in [0.25, 0.3) is 44.8 Å². The minimum absolute atomic E-state index is 0.689. The second-order valence-electron chi connectivity index (χ2n) is 10.7. The molecule has 0 fully saturated rings. The van der Waals surface area contributed by atoms with Gasteiger partial charge in [0.15, 0.2) is 0 Å². The van der Waals surface area contributed by atoms with Gasteiger partial charge in [-0.15, -0.1) is 0 Å². The summed E-state index contributed by atoms with van der Waals surface area (Å²) >= 11 is 0. The largest absolute Gasteiger partial charge is 0.233 e. The summed E-state index contributed by atoms with van der Waals surface area (Å²) in [6.07, 6.45) is 31.8. The molecule has 2 heteroatoms. The second-order valence-corrected chi connectivity index (χ2v) is 10.7. The Morgan fingerprint density at radius 2 is 0.894 bits per heavy atom. The lowest BCUT2D eigenvalue weighted by Crippen LogP contribution is -1.98. The zero-order valence-corrected chi connectivity index (χ0v) is 28.5. The van der Waals surface area contributed by atoms with Crippen LogP contribution in [-0.4, -0.2) is 9.97 Å². The summed E-state index contributed by atoms with van der Waals surface area (Å²) < 4.78 is 0. The number of aryl methyl sites for hydroxylation is 1. The summed E-state index contributed by atoms with van der Waals surface area (Å²) in [7, 11) is 0. The highest BCUT2D eigenvalue weighted by atomic mass is 14.9. The fourth-order valence-corrected chi connectivity index (χ4v) is 5.11. The minimum atomic E-state index is 0.689. The van der Waals surface area contributed by atoms with Crippen LogP contribution < -0.4 is 0 Å². The van der Waals surface area contributed by atoms with Crippen molar-refractivity contribution in [2.45, 2.75) is 34.6 Å². The molecule has 0 saturated carbocycles. The Bertz CT molecular complexity index is 1740. The first kappa shape index (κ1) is 35.9. The van der Waals surface area contributed by atoms with Crippen molar-refractivity contribution in [3.8, 4) is 22.5 Å². The van der Waals surface area contributed by atoms with E-state index in [0.29, 0.717) is 5.82 Å². The van der Waals surface area contributed by atoms with E-state index in [1.165, 1.54) is 0 Å². The van der Waals surface area contributed by atoms with Crippen LogP contribution in [0.3, 0.4) is 0 Å². The molecule has 0 atom stereocenters. The van der Waals surface area contributed by atoms with Crippen molar-refractivity contribution in [3.05, 3.63) is 194 Å². The fraction of sp³-hybridized carbons (Fsp3) is 0.111. The Kier molecular flexibility index (Phi) is 14.0. The van der Waals surface area contributed by atoms with Crippen LogP contribution in [0.2, 0.25) is 0 Å². The number of hydrogen-bond acceptors (Lipinski definition) is 2. The molecule has 0 spiro atoms. The van der Waals surface area contributed by atoms with E-state index >= 15 is 0 Å². The van der Waals surface area contributed by atoms with E-state index in [4.69, 9.17) is 9.97 Å². The lowest BCUT2D eigenvalue weighted by atomic mass is 9.92. The minimum Gasteiger partial charge on any atom is -0.233 e. The number of aromatic nitrogens is 2. The highest BCUT2D eigenvalue weighted by Crippen LogP contribution is 2.33. The summed E-state index contributed by atoms with van der Waals surface area (Å²) in [4.78, 5) is 9.88. The van der Waals surface area contributed by atoms with E-state index in [1.54, 1.807) is 12.2 Å². The van der Waals surface area contributed by atoms with Gasteiger partial charge < -0.3 is 0 Å². The van der Waals surface area contributed by atoms with E-state index in [0.717, 1.165) is 67.1 Å². The maximum Gasteiger partial charge on any atom is 0.126 e. The molecule has 0 aliphatic carbocycles. The van der Waals surface area contributed by atoms with Crippen molar-refractivity contribution in [1.82, 2.24) is 9.97 Å². The van der Waals surface area contributed by atoms with E-state index in [1.807, 2.05) is 83.2 Å². The molecule has 0 unspecified atom stereocenters. The van der Waals surface area contributed by atoms with Crippen LogP contribution >= 0.6 is 0 Å². The van der Waals surface area contributed by atoms with Gasteiger partial charge >= 0.3 is 0 Å². The number of hydrogen-bond donors (Lipinski definition) is 0. The van der Waals surface area contributed by atoms with Gasteiger partial charge in [-0.2, -0.15) is 0 Å². The quantitative estimate of drug-likeness (QED) is 0.169. The monoisotopic (exact) mass is 614 g/mol. The Morgan fingerprint density at radius 3 is 1.21 bits per heavy atom. The highest BCUT2D eigenvalue weighted by Gasteiger charge is 2.14. The van der Waals surface area contributed by atoms with Crippen molar-refractivity contribution in [1.29, 1.82) is 0 Å². The van der Waals surface area contributed by atoms with Gasteiger partial charge in [-0.3, -0.25) is 0 Å². The van der Waals surface area contributed by atoms with Gasteiger partial charge in [0.2, 0.25) is 0 Å². The van der Waals surface area contributed by atoms with Crippen molar-refractivity contribution < 1.29 is 0 Å². The van der Waals surface area contributed by atoms with Crippen LogP contribution in [0.15, 0.2) is 166 Å². The Morgan fingerprint density at radius 1 is 0.511 bits per heavy atom. The normalized spacial score (nSPS) is 13.3. The first-order valence-electron chi connectivity index (χ1n) is 15.9. The molecule has 0 radical (unpaired) electrons. The Balaban J connectivity index is 2.37. The molecule has 2 aromatic carbocycles. The number of benzene rings is 2. The molecule has 2 nitrogen and oxygen atoms in total. The van der Waals surface area contributed by atoms with Gasteiger partial charge in [0.1, 0.15) is 5.82 Å². The van der Waals surface area contributed by atoms with Gasteiger partial charge in [-0.1, -0.05) is 124 Å². The van der Waals surface area contributed by atoms with Gasteiger partial charge in [-0.25, -0.2) is 9.97 Å². The molecule has 47 heavy (non-hydrogen) atoms. The lowest BCUT2D eigenvalue weighted by molar-refractivity contribution is 1.06. The number of rotatable bonds is 14. The molecule has 0 saturated heterocycles. The Labute approximate surface area is 282 Å². The van der Waals surface area contributed by atoms with Crippen molar-refractivity contribution in [2.75, 3.05) is 0 Å². The van der Waals surface area contributed by atoms with Crippen LogP contribution in [0.5, 0.6) is 0 Å². The molecule has 0 bridgehead atoms. The highest BCUT2D eigenvalue weighted by molar-refractivity contribution is 5.86. The topological polar surface area (TPSA) is 25.8 Å². The molecule has 0 amide bonds. The molecule has 236 valence electrons. The summed E-state index contributed by atoms with van der Waals surface area (Å²) in [5.41, 5.74) is 12.1. The predicted octanol–water partition coefficient (Wildman–Crippen LogP) is 12.7. The van der Waals surface area contributed by atoms with Gasteiger partial charge in [0.05, 0.1) is 11.4 Å². The average molecular weight is 615 g/mol. The van der Waals surface area contributed by atoms with Crippen molar-refractivity contribution in [2.24, 2.45) is 0 Å². The summed E-state index contributed by atoms with van der Waals surface area (Å²) in [6, 6.07) is 15.2. The zero-order valence-electron chi connectivity index (χ0n) is 28.5. The summed E-state index contributed by atoms with van der Waals surface area (Å²) in [5, 5.41) is 0. The molecule has 0 aliphatic heterocycles. The SMILES string of the molecule is C=C/C=C\C(=C/C)c1cc(/C(C=C)=C/C=C\C)cc(-c2cc(-c3cc(/C(C=C)=C/C=C\C)cc(C(/C=C\C=C)=C/C)c3)nc(C)n2)c1. The first-order chi connectivity index (χ1) is 22.8. The Hall–Kier alpha value is -5.60. The standard InChI is InChI=1S/C45H46N2/c1-10-18-22-34(14-5)38-26-39(35(15-6)23-19-11-2)29-42(28-38)44-32-45(47-33(9)46-44)43-30-40(36(16-7)24-20-12-3)27-41(31-43)37(17-8)25-21-13-4/h10-32H,1,3,6,8H2,2,4-5,7,9H3/b19-11-,21-13-,22-18-,24-20-,34-14+,35-23+,36-16+,37-25+. The molecule has 3 aromatic rings. The van der Waals surface area contributed by atoms with Gasteiger partial charge in [-0.05, 0) is 122 Å². The van der Waals surface area contributed by atoms with E-state index in [-0.39, 0.29) is 0 Å². The molecule has 3 rings (SSSR count). The van der Waals surface area contributed by atoms with E-state index in [9.17, 15) is 0 Å². The molecule has 1 aromatic heterocycles. The molecular formula is C45H46N2. The summed E-state index contributed by atoms with van der Waals surface area (Å²) in [6.45, 7) is 26.0. The lowest BCUT2D eigenvalue weighted by Gasteiger charge is -2.14. The van der Waals surface area contributed by atoms with Gasteiger partial charge in [0, 0.05) is 11.1 Å². The number of nitrogens with zero attached hydrogens (tertiary/aromatic N) is 2. The second kappa shape index (κ2) is 18.4. The van der Waals surface area contributed by atoms with Crippen LogP contribution in [0, 0.1) is 6.92 Å². The molecule has 0 aliphatic rings. The van der Waals surface area contributed by atoms with Crippen LogP contribution in [0.4, 0.5) is 0 Å². The third kappa shape index (κ3) is 9.69. The van der Waals surface area contributed by atoms with Gasteiger partial charge in [0.25, 0.3) is 0 Å². The third-order valence-electron chi connectivity index (χ3n) is 7.45. The third-order valence-corrected chi connectivity index (χ3v) is 7.45. The smallest absolute Gasteiger partial charge is 0.126 e. The van der Waals surface area contributed by atoms with Crippen molar-refractivity contribution in [3.63, 3.8) is 0 Å². The maximum absolute atomic E-state index is 4.94. The maximum atomic E-state index is 4.94. The summed E-state index contributed by atoms with van der Waals surface area (Å²) in [5.74, 6) is 0.689. The van der Waals surface area contributed by atoms with Crippen LogP contribution in [-0.2, 0) is 0 Å². The van der Waals surface area contributed by atoms with Crippen LogP contribution in [0.1, 0.15) is 55.8 Å². The molecular weight excluding hydrogens is 569 g/mol. The zero-order chi connectivity index (χ0) is 34.2.